The number of hydrogen-bond acceptors (Lipinski definition) is 6. The molecule has 7 nitrogen and oxygen atoms in total. The number of hydrogen-bond donors (Lipinski definition) is 2. The molecule has 186 valence electrons. The molecule has 1 atom stereocenters. The highest BCUT2D eigenvalue weighted by Gasteiger charge is 2.34. The number of amides is 2. The van der Waals surface area contributed by atoms with Crippen LogP contribution in [-0.2, 0) is 16.0 Å². The lowest BCUT2D eigenvalue weighted by Crippen LogP contribution is -2.35. The molecule has 0 spiro atoms. The molecule has 0 aliphatic heterocycles. The molecule has 2 N–H and O–H groups in total. The first-order valence-electron chi connectivity index (χ1n) is 9.92. The van der Waals surface area contributed by atoms with Crippen molar-refractivity contribution in [2.75, 3.05) is 23.1 Å². The van der Waals surface area contributed by atoms with E-state index in [1.165, 1.54) is 30.8 Å². The molecule has 0 saturated carbocycles. The second-order valence-electron chi connectivity index (χ2n) is 7.40. The third-order valence-electron chi connectivity index (χ3n) is 4.69. The summed E-state index contributed by atoms with van der Waals surface area (Å²) in [6.07, 6.45) is -2.60. The quantitative estimate of drug-likeness (QED) is 0.510. The topological polar surface area (TPSA) is 105 Å². The lowest BCUT2D eigenvalue weighted by molar-refractivity contribution is -0.138. The van der Waals surface area contributed by atoms with Crippen molar-refractivity contribution in [3.8, 4) is 0 Å². The summed E-state index contributed by atoms with van der Waals surface area (Å²) in [5.41, 5.74) is -1.59. The van der Waals surface area contributed by atoms with Gasteiger partial charge in [-0.25, -0.2) is 13.4 Å². The van der Waals surface area contributed by atoms with Gasteiger partial charge in [-0.15, -0.1) is 0 Å². The van der Waals surface area contributed by atoms with Crippen molar-refractivity contribution in [1.82, 2.24) is 10.3 Å². The zero-order valence-electron chi connectivity index (χ0n) is 18.7. The number of carbonyl (C=O) groups excluding carboxylic acids is 2. The Morgan fingerprint density at radius 1 is 1.21 bits per heavy atom. The Labute approximate surface area is 204 Å². The minimum Gasteiger partial charge on any atom is -0.349 e. The fourth-order valence-corrected chi connectivity index (χ4v) is 4.93. The standard InChI is InChI=1S/C21H23ClF3N3O4S2/c1-5-34(31,32)16-7-13(21(23,24)25)9-26-18(16)20(30)28-17-11(2)6-14(22)8-15(17)19(29)27-12(3)10-33-4/h6-9,12H,5,10H2,1-4H3,(H,27,29)(H,28,30)/t12-/m1/s1. The van der Waals surface area contributed by atoms with Gasteiger partial charge in [0, 0.05) is 23.0 Å². The number of thioether (sulfide) groups is 1. The maximum Gasteiger partial charge on any atom is 0.417 e. The first-order valence-corrected chi connectivity index (χ1v) is 13.3. The number of pyridine rings is 1. The molecule has 0 radical (unpaired) electrons. The van der Waals surface area contributed by atoms with E-state index in [0.29, 0.717) is 23.6 Å². The molecular weight excluding hydrogens is 515 g/mol. The van der Waals surface area contributed by atoms with Crippen molar-refractivity contribution >= 4 is 50.7 Å². The van der Waals surface area contributed by atoms with Crippen LogP contribution in [0.15, 0.2) is 29.3 Å². The van der Waals surface area contributed by atoms with Gasteiger partial charge in [0.05, 0.1) is 27.5 Å². The lowest BCUT2D eigenvalue weighted by Gasteiger charge is -2.18. The molecular formula is C21H23ClF3N3O4S2. The Hall–Kier alpha value is -2.31. The molecule has 34 heavy (non-hydrogen) atoms. The number of rotatable bonds is 8. The number of carbonyl (C=O) groups is 2. The third kappa shape index (κ3) is 6.63. The van der Waals surface area contributed by atoms with Crippen LogP contribution in [0.4, 0.5) is 18.9 Å². The molecule has 0 fully saturated rings. The van der Waals surface area contributed by atoms with Gasteiger partial charge in [0.25, 0.3) is 11.8 Å². The van der Waals surface area contributed by atoms with Crippen molar-refractivity contribution in [2.45, 2.75) is 37.9 Å². The maximum atomic E-state index is 13.1. The van der Waals surface area contributed by atoms with Gasteiger partial charge in [0.1, 0.15) is 5.69 Å². The number of alkyl halides is 3. The van der Waals surface area contributed by atoms with E-state index in [-0.39, 0.29) is 22.3 Å². The van der Waals surface area contributed by atoms with Crippen LogP contribution >= 0.6 is 23.4 Å². The summed E-state index contributed by atoms with van der Waals surface area (Å²) in [6.45, 7) is 4.59. The summed E-state index contributed by atoms with van der Waals surface area (Å²) < 4.78 is 64.3. The molecule has 2 amide bonds. The van der Waals surface area contributed by atoms with Gasteiger partial charge in [0.2, 0.25) is 0 Å². The van der Waals surface area contributed by atoms with Crippen LogP contribution < -0.4 is 10.6 Å². The molecule has 0 unspecified atom stereocenters. The summed E-state index contributed by atoms with van der Waals surface area (Å²) in [5, 5.41) is 5.42. The number of nitrogens with one attached hydrogen (secondary N) is 2. The normalized spacial score (nSPS) is 12.8. The summed E-state index contributed by atoms with van der Waals surface area (Å²) in [6, 6.07) is 2.98. The van der Waals surface area contributed by atoms with Crippen LogP contribution in [0.1, 0.15) is 45.8 Å². The SMILES string of the molecule is CCS(=O)(=O)c1cc(C(F)(F)F)cnc1C(=O)Nc1c(C)cc(Cl)cc1C(=O)N[C@H](C)CSC. The van der Waals surface area contributed by atoms with Crippen LogP contribution in [0.25, 0.3) is 0 Å². The number of aryl methyl sites for hydroxylation is 1. The molecule has 0 aliphatic carbocycles. The average molecular weight is 538 g/mol. The average Bonchev–Trinajstić information content (AvgIpc) is 2.74. The summed E-state index contributed by atoms with van der Waals surface area (Å²) in [4.78, 5) is 28.5. The van der Waals surface area contributed by atoms with E-state index in [2.05, 4.69) is 15.6 Å². The minimum atomic E-state index is -4.86. The maximum absolute atomic E-state index is 13.1. The number of nitrogens with zero attached hydrogens (tertiary/aromatic N) is 1. The molecule has 0 saturated heterocycles. The second kappa shape index (κ2) is 11.0. The number of anilines is 1. The highest BCUT2D eigenvalue weighted by molar-refractivity contribution is 7.98. The van der Waals surface area contributed by atoms with Crippen molar-refractivity contribution in [3.05, 3.63) is 51.8 Å². The number of sulfone groups is 1. The molecule has 0 bridgehead atoms. The van der Waals surface area contributed by atoms with E-state index in [4.69, 9.17) is 11.6 Å². The molecule has 1 heterocycles. The Bertz CT molecular complexity index is 1200. The van der Waals surface area contributed by atoms with E-state index < -0.39 is 49.7 Å². The Balaban J connectivity index is 2.55. The monoisotopic (exact) mass is 537 g/mol. The predicted molar refractivity (Wildman–Crippen MR) is 126 cm³/mol. The Morgan fingerprint density at radius 2 is 1.85 bits per heavy atom. The summed E-state index contributed by atoms with van der Waals surface area (Å²) in [5.74, 6) is -1.54. The largest absolute Gasteiger partial charge is 0.417 e. The number of halogens is 4. The second-order valence-corrected chi connectivity index (χ2v) is 11.0. The van der Waals surface area contributed by atoms with Crippen LogP contribution in [-0.4, -0.2) is 49.0 Å². The van der Waals surface area contributed by atoms with E-state index in [1.807, 2.05) is 6.26 Å². The molecule has 13 heteroatoms. The van der Waals surface area contributed by atoms with Gasteiger partial charge in [-0.3, -0.25) is 9.59 Å². The van der Waals surface area contributed by atoms with Crippen LogP contribution in [0.2, 0.25) is 5.02 Å². The fraction of sp³-hybridized carbons (Fsp3) is 0.381. The lowest BCUT2D eigenvalue weighted by atomic mass is 10.1. The van der Waals surface area contributed by atoms with Crippen LogP contribution in [0.3, 0.4) is 0 Å². The van der Waals surface area contributed by atoms with Crippen molar-refractivity contribution in [2.24, 2.45) is 0 Å². The summed E-state index contributed by atoms with van der Waals surface area (Å²) >= 11 is 7.60. The summed E-state index contributed by atoms with van der Waals surface area (Å²) in [7, 11) is -4.24. The molecule has 1 aromatic heterocycles. The van der Waals surface area contributed by atoms with E-state index >= 15 is 0 Å². The predicted octanol–water partition coefficient (Wildman–Crippen LogP) is 4.59. The number of benzene rings is 1. The molecule has 2 aromatic rings. The smallest absolute Gasteiger partial charge is 0.349 e. The van der Waals surface area contributed by atoms with Crippen LogP contribution in [0.5, 0.6) is 0 Å². The van der Waals surface area contributed by atoms with Gasteiger partial charge >= 0.3 is 6.18 Å². The van der Waals surface area contributed by atoms with Crippen LogP contribution in [0, 0.1) is 6.92 Å². The van der Waals surface area contributed by atoms with E-state index in [9.17, 15) is 31.2 Å². The van der Waals surface area contributed by atoms with Gasteiger partial charge in [-0.1, -0.05) is 18.5 Å². The van der Waals surface area contributed by atoms with Crippen molar-refractivity contribution < 1.29 is 31.2 Å². The third-order valence-corrected chi connectivity index (χ3v) is 7.48. The minimum absolute atomic E-state index is 0.0121. The van der Waals surface area contributed by atoms with Gasteiger partial charge in [-0.2, -0.15) is 24.9 Å². The van der Waals surface area contributed by atoms with E-state index in [0.717, 1.165) is 0 Å². The Morgan fingerprint density at radius 3 is 2.41 bits per heavy atom. The van der Waals surface area contributed by atoms with Crippen molar-refractivity contribution in [1.29, 1.82) is 0 Å². The Kier molecular flexibility index (Phi) is 9.00. The molecule has 1 aromatic carbocycles. The van der Waals surface area contributed by atoms with Crippen molar-refractivity contribution in [3.63, 3.8) is 0 Å². The van der Waals surface area contributed by atoms with Gasteiger partial charge in [0.15, 0.2) is 9.84 Å². The molecule has 0 aliphatic rings. The first-order chi connectivity index (χ1) is 15.7. The van der Waals surface area contributed by atoms with Gasteiger partial charge in [-0.05, 0) is 43.9 Å². The first kappa shape index (κ1) is 27.9. The van der Waals surface area contributed by atoms with E-state index in [1.54, 1.807) is 13.8 Å². The fourth-order valence-electron chi connectivity index (χ4n) is 3.02. The highest BCUT2D eigenvalue weighted by atomic mass is 35.5. The highest BCUT2D eigenvalue weighted by Crippen LogP contribution is 2.32. The zero-order chi connectivity index (χ0) is 25.8. The molecule has 2 rings (SSSR count). The van der Waals surface area contributed by atoms with Gasteiger partial charge < -0.3 is 10.6 Å². The zero-order valence-corrected chi connectivity index (χ0v) is 21.1. The number of aromatic nitrogens is 1.